The highest BCUT2D eigenvalue weighted by atomic mass is 16.2. The maximum atomic E-state index is 12.5. The Bertz CT molecular complexity index is 707. The molecule has 0 radical (unpaired) electrons. The van der Waals surface area contributed by atoms with Gasteiger partial charge in [-0.2, -0.15) is 0 Å². The molecule has 0 saturated heterocycles. The molecule has 2 N–H and O–H groups in total. The number of hydrogen-bond acceptors (Lipinski definition) is 3. The summed E-state index contributed by atoms with van der Waals surface area (Å²) in [6, 6.07) is 16.5. The van der Waals surface area contributed by atoms with Crippen molar-refractivity contribution in [3.63, 3.8) is 0 Å². The van der Waals surface area contributed by atoms with Gasteiger partial charge in [-0.1, -0.05) is 18.2 Å². The van der Waals surface area contributed by atoms with Crippen molar-refractivity contribution in [3.8, 4) is 0 Å². The molecule has 2 amide bonds. The molecule has 2 aromatic rings. The van der Waals surface area contributed by atoms with Gasteiger partial charge in [0.05, 0.1) is 0 Å². The van der Waals surface area contributed by atoms with Gasteiger partial charge in [0.1, 0.15) is 5.41 Å². The van der Waals surface area contributed by atoms with E-state index in [1.807, 2.05) is 61.5 Å². The molecule has 5 heteroatoms. The van der Waals surface area contributed by atoms with Gasteiger partial charge in [0.25, 0.3) is 0 Å². The lowest BCUT2D eigenvalue weighted by Crippen LogP contribution is -2.41. The molecule has 0 fully saturated rings. The van der Waals surface area contributed by atoms with Gasteiger partial charge in [-0.15, -0.1) is 0 Å². The SMILES string of the molecule is CN(C)c1ccc(NC(=O)C(C)(C)C(=O)Nc2ccccc2)cc1. The first-order valence-electron chi connectivity index (χ1n) is 7.76. The monoisotopic (exact) mass is 325 g/mol. The number of amides is 2. The minimum Gasteiger partial charge on any atom is -0.378 e. The lowest BCUT2D eigenvalue weighted by atomic mass is 9.90. The molecule has 24 heavy (non-hydrogen) atoms. The summed E-state index contributed by atoms with van der Waals surface area (Å²) in [5, 5.41) is 5.56. The van der Waals surface area contributed by atoms with Crippen molar-refractivity contribution in [2.45, 2.75) is 13.8 Å². The number of carbonyl (C=O) groups is 2. The zero-order chi connectivity index (χ0) is 17.7. The lowest BCUT2D eigenvalue weighted by Gasteiger charge is -2.23. The van der Waals surface area contributed by atoms with E-state index in [0.717, 1.165) is 5.69 Å². The zero-order valence-electron chi connectivity index (χ0n) is 14.5. The van der Waals surface area contributed by atoms with Gasteiger partial charge < -0.3 is 15.5 Å². The molecule has 0 spiro atoms. The Kier molecular flexibility index (Phi) is 5.24. The summed E-state index contributed by atoms with van der Waals surface area (Å²) in [5.74, 6) is -0.704. The molecule has 0 saturated carbocycles. The highest BCUT2D eigenvalue weighted by molar-refractivity contribution is 6.14. The fourth-order valence-corrected chi connectivity index (χ4v) is 2.04. The van der Waals surface area contributed by atoms with Crippen molar-refractivity contribution in [1.82, 2.24) is 0 Å². The standard InChI is InChI=1S/C19H23N3O2/c1-19(2,17(23)20-14-8-6-5-7-9-14)18(24)21-15-10-12-16(13-11-15)22(3)4/h5-13H,1-4H3,(H,20,23)(H,21,24). The molecule has 0 unspecified atom stereocenters. The first kappa shape index (κ1) is 17.5. The van der Waals surface area contributed by atoms with Crippen molar-refractivity contribution in [2.75, 3.05) is 29.6 Å². The van der Waals surface area contributed by atoms with Crippen LogP contribution in [-0.2, 0) is 9.59 Å². The van der Waals surface area contributed by atoms with E-state index in [1.165, 1.54) is 0 Å². The van der Waals surface area contributed by atoms with Gasteiger partial charge in [0.2, 0.25) is 11.8 Å². The smallest absolute Gasteiger partial charge is 0.239 e. The van der Waals surface area contributed by atoms with Crippen molar-refractivity contribution < 1.29 is 9.59 Å². The topological polar surface area (TPSA) is 61.4 Å². The van der Waals surface area contributed by atoms with Crippen molar-refractivity contribution >= 4 is 28.9 Å². The maximum absolute atomic E-state index is 12.5. The summed E-state index contributed by atoms with van der Waals surface area (Å²) in [7, 11) is 3.90. The van der Waals surface area contributed by atoms with Crippen molar-refractivity contribution in [1.29, 1.82) is 0 Å². The Labute approximate surface area is 142 Å². The average Bonchev–Trinajstić information content (AvgIpc) is 2.56. The molecule has 2 rings (SSSR count). The number of nitrogens with zero attached hydrogens (tertiary/aromatic N) is 1. The van der Waals surface area contributed by atoms with Crippen molar-refractivity contribution in [3.05, 3.63) is 54.6 Å². The molecular weight excluding hydrogens is 302 g/mol. The van der Waals surface area contributed by atoms with Gasteiger partial charge in [0, 0.05) is 31.2 Å². The number of anilines is 3. The second-order valence-corrected chi connectivity index (χ2v) is 6.34. The van der Waals surface area contributed by atoms with E-state index in [2.05, 4.69) is 10.6 Å². The van der Waals surface area contributed by atoms with Crippen LogP contribution in [0.25, 0.3) is 0 Å². The summed E-state index contributed by atoms with van der Waals surface area (Å²) in [6.07, 6.45) is 0. The number of para-hydroxylation sites is 1. The van der Waals surface area contributed by atoms with Crippen LogP contribution in [0.15, 0.2) is 54.6 Å². The Hall–Kier alpha value is -2.82. The molecular formula is C19H23N3O2. The number of hydrogen-bond donors (Lipinski definition) is 2. The second-order valence-electron chi connectivity index (χ2n) is 6.34. The number of nitrogens with one attached hydrogen (secondary N) is 2. The van der Waals surface area contributed by atoms with Crippen LogP contribution < -0.4 is 15.5 Å². The third-order valence-corrected chi connectivity index (χ3v) is 3.81. The minimum absolute atomic E-state index is 0.351. The van der Waals surface area contributed by atoms with Gasteiger partial charge in [-0.05, 0) is 50.2 Å². The molecule has 0 aliphatic rings. The maximum Gasteiger partial charge on any atom is 0.239 e. The third-order valence-electron chi connectivity index (χ3n) is 3.81. The van der Waals surface area contributed by atoms with Gasteiger partial charge >= 0.3 is 0 Å². The molecule has 0 heterocycles. The number of carbonyl (C=O) groups excluding carboxylic acids is 2. The van der Waals surface area contributed by atoms with E-state index in [4.69, 9.17) is 0 Å². The van der Waals surface area contributed by atoms with E-state index in [9.17, 15) is 9.59 Å². The highest BCUT2D eigenvalue weighted by Gasteiger charge is 2.36. The van der Waals surface area contributed by atoms with Gasteiger partial charge in [0.15, 0.2) is 0 Å². The molecule has 0 atom stereocenters. The second kappa shape index (κ2) is 7.17. The summed E-state index contributed by atoms with van der Waals surface area (Å²) >= 11 is 0. The van der Waals surface area contributed by atoms with E-state index in [1.54, 1.807) is 26.0 Å². The first-order valence-corrected chi connectivity index (χ1v) is 7.76. The first-order chi connectivity index (χ1) is 11.3. The van der Waals surface area contributed by atoms with Crippen LogP contribution in [0, 0.1) is 5.41 Å². The summed E-state index contributed by atoms with van der Waals surface area (Å²) in [6.45, 7) is 3.21. The zero-order valence-corrected chi connectivity index (χ0v) is 14.5. The molecule has 126 valence electrons. The van der Waals surface area contributed by atoms with E-state index >= 15 is 0 Å². The predicted octanol–water partition coefficient (Wildman–Crippen LogP) is 3.36. The van der Waals surface area contributed by atoms with Crippen LogP contribution in [-0.4, -0.2) is 25.9 Å². The molecule has 2 aromatic carbocycles. The van der Waals surface area contributed by atoms with E-state index in [-0.39, 0.29) is 11.8 Å². The highest BCUT2D eigenvalue weighted by Crippen LogP contribution is 2.22. The summed E-state index contributed by atoms with van der Waals surface area (Å²) in [5.41, 5.74) is 1.16. The third kappa shape index (κ3) is 4.13. The number of rotatable bonds is 5. The van der Waals surface area contributed by atoms with Crippen LogP contribution in [0.1, 0.15) is 13.8 Å². The largest absolute Gasteiger partial charge is 0.378 e. The summed E-state index contributed by atoms with van der Waals surface area (Å²) in [4.78, 5) is 26.9. The Balaban J connectivity index is 2.05. The van der Waals surface area contributed by atoms with Crippen LogP contribution in [0.2, 0.25) is 0 Å². The van der Waals surface area contributed by atoms with Crippen LogP contribution >= 0.6 is 0 Å². The summed E-state index contributed by atoms with van der Waals surface area (Å²) < 4.78 is 0. The fraction of sp³-hybridized carbons (Fsp3) is 0.263. The normalized spacial score (nSPS) is 10.8. The van der Waals surface area contributed by atoms with E-state index < -0.39 is 5.41 Å². The Morgan fingerprint density at radius 3 is 1.71 bits per heavy atom. The fourth-order valence-electron chi connectivity index (χ4n) is 2.04. The van der Waals surface area contributed by atoms with E-state index in [0.29, 0.717) is 11.4 Å². The van der Waals surface area contributed by atoms with Crippen LogP contribution in [0.3, 0.4) is 0 Å². The average molecular weight is 325 g/mol. The molecule has 5 nitrogen and oxygen atoms in total. The molecule has 0 bridgehead atoms. The number of benzene rings is 2. The van der Waals surface area contributed by atoms with Crippen molar-refractivity contribution in [2.24, 2.45) is 5.41 Å². The van der Waals surface area contributed by atoms with Crippen LogP contribution in [0.4, 0.5) is 17.1 Å². The van der Waals surface area contributed by atoms with Gasteiger partial charge in [-0.3, -0.25) is 9.59 Å². The Morgan fingerprint density at radius 2 is 1.25 bits per heavy atom. The lowest BCUT2D eigenvalue weighted by molar-refractivity contribution is -0.135. The quantitative estimate of drug-likeness (QED) is 0.829. The predicted molar refractivity (Wildman–Crippen MR) is 98.3 cm³/mol. The van der Waals surface area contributed by atoms with Crippen LogP contribution in [0.5, 0.6) is 0 Å². The molecule has 0 aliphatic heterocycles. The Morgan fingerprint density at radius 1 is 0.792 bits per heavy atom. The molecule has 0 aliphatic carbocycles. The minimum atomic E-state index is -1.20. The van der Waals surface area contributed by atoms with Gasteiger partial charge in [-0.25, -0.2) is 0 Å². The molecule has 0 aromatic heterocycles.